The molecule has 0 spiro atoms. The van der Waals surface area contributed by atoms with Gasteiger partial charge in [0.25, 0.3) is 0 Å². The molecule has 2 atom stereocenters. The molecule has 2 aromatic carbocycles. The topological polar surface area (TPSA) is 104 Å². The summed E-state index contributed by atoms with van der Waals surface area (Å²) < 4.78 is 0. The van der Waals surface area contributed by atoms with E-state index in [0.717, 1.165) is 29.5 Å². The van der Waals surface area contributed by atoms with Crippen LogP contribution in [0.25, 0.3) is 0 Å². The third-order valence-electron chi connectivity index (χ3n) is 4.98. The van der Waals surface area contributed by atoms with Crippen LogP contribution in [0.5, 0.6) is 5.75 Å². The van der Waals surface area contributed by atoms with Gasteiger partial charge in [-0.1, -0.05) is 30.3 Å². The predicted octanol–water partition coefficient (Wildman–Crippen LogP) is 2.55. The zero-order valence-corrected chi connectivity index (χ0v) is 18.6. The van der Waals surface area contributed by atoms with E-state index in [4.69, 9.17) is 5.73 Å². The summed E-state index contributed by atoms with van der Waals surface area (Å²) >= 11 is 0. The van der Waals surface area contributed by atoms with E-state index < -0.39 is 12.1 Å². The van der Waals surface area contributed by atoms with Crippen LogP contribution in [-0.2, 0) is 22.4 Å². The van der Waals surface area contributed by atoms with Crippen LogP contribution in [0.4, 0.5) is 0 Å². The first-order valence-corrected chi connectivity index (χ1v) is 9.94. The Morgan fingerprint density at radius 3 is 2.27 bits per heavy atom. The molecule has 2 aromatic rings. The molecule has 0 aliphatic rings. The molecule has 0 radical (unpaired) electrons. The average molecular weight is 434 g/mol. The van der Waals surface area contributed by atoms with E-state index in [1.807, 2.05) is 32.0 Å². The molecule has 7 heteroatoms. The van der Waals surface area contributed by atoms with Gasteiger partial charge in [0.05, 0.1) is 6.04 Å². The number of rotatable bonds is 9. The molecule has 0 bridgehead atoms. The van der Waals surface area contributed by atoms with E-state index in [-0.39, 0.29) is 30.0 Å². The third-order valence-corrected chi connectivity index (χ3v) is 4.98. The number of phenolic OH excluding ortho intramolecular Hbond substituents is 1. The van der Waals surface area contributed by atoms with E-state index in [1.165, 1.54) is 5.56 Å². The lowest BCUT2D eigenvalue weighted by Crippen LogP contribution is -2.51. The number of aromatic hydroxyl groups is 1. The average Bonchev–Trinajstić information content (AvgIpc) is 2.68. The zero-order valence-electron chi connectivity index (χ0n) is 17.8. The number of nitrogens with one attached hydrogen (secondary N) is 2. The lowest BCUT2D eigenvalue weighted by Gasteiger charge is -2.19. The minimum atomic E-state index is -0.773. The van der Waals surface area contributed by atoms with Crippen LogP contribution in [0.15, 0.2) is 42.5 Å². The van der Waals surface area contributed by atoms with E-state index in [0.29, 0.717) is 13.0 Å². The number of benzene rings is 2. The second kappa shape index (κ2) is 12.2. The van der Waals surface area contributed by atoms with Crippen LogP contribution in [0.1, 0.15) is 35.6 Å². The first-order chi connectivity index (χ1) is 13.8. The first-order valence-electron chi connectivity index (χ1n) is 9.94. The minimum absolute atomic E-state index is 0. The fraction of sp³-hybridized carbons (Fsp3) is 0.391. The fourth-order valence-electron chi connectivity index (χ4n) is 3.29. The highest BCUT2D eigenvalue weighted by Gasteiger charge is 2.21. The molecule has 0 heterocycles. The number of carbonyl (C=O) groups is 2. The maximum absolute atomic E-state index is 12.4. The fourth-order valence-corrected chi connectivity index (χ4v) is 3.29. The Morgan fingerprint density at radius 1 is 1.07 bits per heavy atom. The second-order valence-electron chi connectivity index (χ2n) is 7.48. The third kappa shape index (κ3) is 7.69. The Morgan fingerprint density at radius 2 is 1.67 bits per heavy atom. The highest BCUT2D eigenvalue weighted by Crippen LogP contribution is 2.21. The van der Waals surface area contributed by atoms with Gasteiger partial charge in [-0.15, -0.1) is 12.4 Å². The van der Waals surface area contributed by atoms with Gasteiger partial charge < -0.3 is 21.5 Å². The van der Waals surface area contributed by atoms with Crippen molar-refractivity contribution >= 4 is 24.2 Å². The van der Waals surface area contributed by atoms with Crippen molar-refractivity contribution in [3.05, 3.63) is 64.7 Å². The summed E-state index contributed by atoms with van der Waals surface area (Å²) in [6.07, 6.45) is 2.06. The van der Waals surface area contributed by atoms with Gasteiger partial charge in [-0.3, -0.25) is 9.59 Å². The molecule has 0 fully saturated rings. The van der Waals surface area contributed by atoms with Crippen molar-refractivity contribution < 1.29 is 14.7 Å². The normalized spacial score (nSPS) is 12.4. The maximum Gasteiger partial charge on any atom is 0.242 e. The molecule has 0 saturated heterocycles. The number of amides is 2. The molecular weight excluding hydrogens is 402 g/mol. The van der Waals surface area contributed by atoms with Gasteiger partial charge in [0.1, 0.15) is 11.8 Å². The van der Waals surface area contributed by atoms with Crippen LogP contribution in [0.3, 0.4) is 0 Å². The van der Waals surface area contributed by atoms with Crippen molar-refractivity contribution in [2.24, 2.45) is 5.73 Å². The number of aryl methyl sites for hydroxylation is 3. The second-order valence-corrected chi connectivity index (χ2v) is 7.48. The van der Waals surface area contributed by atoms with Crippen LogP contribution < -0.4 is 16.4 Å². The van der Waals surface area contributed by atoms with Crippen molar-refractivity contribution in [2.45, 2.75) is 52.1 Å². The molecule has 164 valence electrons. The molecule has 30 heavy (non-hydrogen) atoms. The summed E-state index contributed by atoms with van der Waals surface area (Å²) in [4.78, 5) is 24.6. The van der Waals surface area contributed by atoms with Gasteiger partial charge in [-0.05, 0) is 74.4 Å². The van der Waals surface area contributed by atoms with Crippen LogP contribution in [-0.4, -0.2) is 35.5 Å². The summed E-state index contributed by atoms with van der Waals surface area (Å²) in [5.41, 5.74) is 9.99. The number of nitrogens with two attached hydrogens (primary N) is 1. The Hall–Kier alpha value is -2.57. The molecule has 0 saturated carbocycles. The van der Waals surface area contributed by atoms with E-state index in [9.17, 15) is 14.7 Å². The Balaban J connectivity index is 0.00000450. The summed E-state index contributed by atoms with van der Waals surface area (Å²) in [6.45, 7) is 5.94. The number of hydrogen-bond donors (Lipinski definition) is 4. The van der Waals surface area contributed by atoms with Gasteiger partial charge in [-0.2, -0.15) is 0 Å². The number of hydrogen-bond acceptors (Lipinski definition) is 4. The maximum atomic E-state index is 12.4. The van der Waals surface area contributed by atoms with E-state index in [2.05, 4.69) is 22.8 Å². The molecule has 2 rings (SSSR count). The highest BCUT2D eigenvalue weighted by molar-refractivity contribution is 5.89. The molecule has 6 nitrogen and oxygen atoms in total. The summed E-state index contributed by atoms with van der Waals surface area (Å²) in [5, 5.41) is 15.2. The molecule has 0 aliphatic carbocycles. The van der Waals surface area contributed by atoms with Gasteiger partial charge in [0, 0.05) is 6.54 Å². The van der Waals surface area contributed by atoms with Crippen molar-refractivity contribution in [3.63, 3.8) is 0 Å². The number of halogens is 1. The summed E-state index contributed by atoms with van der Waals surface area (Å²) in [7, 11) is 0. The number of phenols is 1. The van der Waals surface area contributed by atoms with E-state index >= 15 is 0 Å². The van der Waals surface area contributed by atoms with Gasteiger partial charge in [0.15, 0.2) is 0 Å². The standard InChI is InChI=1S/C23H31N3O3.ClH/c1-15-12-19(27)13-16(2)20(15)14-21(24)23(29)26-17(3)22(28)25-11-7-10-18-8-5-4-6-9-18;/h4-6,8-9,12-13,17,21,27H,7,10-11,14,24H2,1-3H3,(H,25,28)(H,26,29);1H/t17-,21+;/m1./s1. The van der Waals surface area contributed by atoms with Crippen LogP contribution in [0, 0.1) is 13.8 Å². The zero-order chi connectivity index (χ0) is 21.4. The van der Waals surface area contributed by atoms with Crippen molar-refractivity contribution in [1.29, 1.82) is 0 Å². The Labute approximate surface area is 184 Å². The van der Waals surface area contributed by atoms with Crippen LogP contribution >= 0.6 is 12.4 Å². The summed E-state index contributed by atoms with van der Waals surface area (Å²) in [6, 6.07) is 12.0. The van der Waals surface area contributed by atoms with Crippen molar-refractivity contribution in [1.82, 2.24) is 10.6 Å². The largest absolute Gasteiger partial charge is 0.508 e. The molecule has 0 unspecified atom stereocenters. The minimum Gasteiger partial charge on any atom is -0.508 e. The molecule has 2 amide bonds. The lowest BCUT2D eigenvalue weighted by atomic mass is 9.96. The van der Waals surface area contributed by atoms with Crippen LogP contribution in [0.2, 0.25) is 0 Å². The molecule has 5 N–H and O–H groups in total. The van der Waals surface area contributed by atoms with Crippen molar-refractivity contribution in [3.8, 4) is 5.75 Å². The van der Waals surface area contributed by atoms with E-state index in [1.54, 1.807) is 19.1 Å². The van der Waals surface area contributed by atoms with Gasteiger partial charge in [-0.25, -0.2) is 0 Å². The quantitative estimate of drug-likeness (QED) is 0.456. The lowest BCUT2D eigenvalue weighted by molar-refractivity contribution is -0.129. The molecule has 0 aliphatic heterocycles. The monoisotopic (exact) mass is 433 g/mol. The highest BCUT2D eigenvalue weighted by atomic mass is 35.5. The summed E-state index contributed by atoms with van der Waals surface area (Å²) in [5.74, 6) is -0.404. The van der Waals surface area contributed by atoms with Crippen molar-refractivity contribution in [2.75, 3.05) is 6.54 Å². The number of carbonyl (C=O) groups excluding carboxylic acids is 2. The molecule has 0 aromatic heterocycles. The van der Waals surface area contributed by atoms with Gasteiger partial charge in [0.2, 0.25) is 11.8 Å². The van der Waals surface area contributed by atoms with Gasteiger partial charge >= 0.3 is 0 Å². The Kier molecular flexibility index (Phi) is 10.4. The Bertz CT molecular complexity index is 820. The first kappa shape index (κ1) is 25.5. The smallest absolute Gasteiger partial charge is 0.242 e. The predicted molar refractivity (Wildman–Crippen MR) is 122 cm³/mol. The SMILES string of the molecule is Cc1cc(O)cc(C)c1C[C@H](N)C(=O)N[C@H](C)C(=O)NCCCc1ccccc1.Cl. The molecular formula is C23H32ClN3O3.